The van der Waals surface area contributed by atoms with E-state index in [-0.39, 0.29) is 18.1 Å². The van der Waals surface area contributed by atoms with Crippen molar-refractivity contribution in [3.05, 3.63) is 35.1 Å². The predicted octanol–water partition coefficient (Wildman–Crippen LogP) is 0.851. The van der Waals surface area contributed by atoms with Crippen molar-refractivity contribution in [3.63, 3.8) is 0 Å². The van der Waals surface area contributed by atoms with Gasteiger partial charge in [0, 0.05) is 26.2 Å². The number of nitrogens with zero attached hydrogens (tertiary/aromatic N) is 2. The average molecular weight is 386 g/mol. The van der Waals surface area contributed by atoms with E-state index in [0.29, 0.717) is 50.9 Å². The predicted molar refractivity (Wildman–Crippen MR) is 100 cm³/mol. The molecule has 1 aliphatic heterocycles. The summed E-state index contributed by atoms with van der Waals surface area (Å²) in [5, 5.41) is 6.08. The van der Waals surface area contributed by atoms with Crippen molar-refractivity contribution in [1.82, 2.24) is 14.9 Å². The van der Waals surface area contributed by atoms with Crippen LogP contribution in [0.4, 0.5) is 4.39 Å². The summed E-state index contributed by atoms with van der Waals surface area (Å²) in [5.74, 6) is 0.231. The summed E-state index contributed by atoms with van der Waals surface area (Å²) in [6.07, 6.45) is 0. The number of rotatable bonds is 7. The third kappa shape index (κ3) is 6.22. The van der Waals surface area contributed by atoms with E-state index in [2.05, 4.69) is 15.6 Å². The Morgan fingerprint density at radius 3 is 2.69 bits per heavy atom. The van der Waals surface area contributed by atoms with Gasteiger partial charge in [-0.2, -0.15) is 4.31 Å². The molecule has 1 aliphatic rings. The van der Waals surface area contributed by atoms with Gasteiger partial charge in [-0.15, -0.1) is 0 Å². The zero-order chi connectivity index (χ0) is 19.0. The Kier molecular flexibility index (Phi) is 7.80. The topological polar surface area (TPSA) is 83.0 Å². The molecule has 2 N–H and O–H groups in total. The van der Waals surface area contributed by atoms with E-state index >= 15 is 0 Å². The van der Waals surface area contributed by atoms with Crippen molar-refractivity contribution in [2.24, 2.45) is 4.99 Å². The highest BCUT2D eigenvalue weighted by atomic mass is 32.2. The summed E-state index contributed by atoms with van der Waals surface area (Å²) in [7, 11) is -3.31. The lowest BCUT2D eigenvalue weighted by Gasteiger charge is -2.26. The van der Waals surface area contributed by atoms with E-state index in [1.807, 2.05) is 13.0 Å². The van der Waals surface area contributed by atoms with Gasteiger partial charge in [-0.25, -0.2) is 17.8 Å². The number of aryl methyl sites for hydroxylation is 1. The fraction of sp³-hybridized carbons (Fsp3) is 0.588. The maximum atomic E-state index is 13.6. The third-order valence-corrected chi connectivity index (χ3v) is 5.89. The van der Waals surface area contributed by atoms with E-state index in [1.165, 1.54) is 10.4 Å². The first-order valence-electron chi connectivity index (χ1n) is 8.75. The van der Waals surface area contributed by atoms with Crippen LogP contribution in [-0.4, -0.2) is 63.8 Å². The zero-order valence-corrected chi connectivity index (χ0v) is 16.1. The van der Waals surface area contributed by atoms with Crippen molar-refractivity contribution in [2.75, 3.05) is 45.1 Å². The van der Waals surface area contributed by atoms with Gasteiger partial charge in [-0.1, -0.05) is 12.1 Å². The molecule has 0 radical (unpaired) electrons. The van der Waals surface area contributed by atoms with Crippen molar-refractivity contribution in [3.8, 4) is 0 Å². The average Bonchev–Trinajstić information content (AvgIpc) is 2.63. The molecule has 0 amide bonds. The van der Waals surface area contributed by atoms with Crippen LogP contribution >= 0.6 is 0 Å². The zero-order valence-electron chi connectivity index (χ0n) is 15.3. The van der Waals surface area contributed by atoms with E-state index in [1.54, 1.807) is 13.0 Å². The lowest BCUT2D eigenvalue weighted by molar-refractivity contribution is 0.0730. The van der Waals surface area contributed by atoms with E-state index in [0.717, 1.165) is 5.56 Å². The minimum Gasteiger partial charge on any atom is -0.379 e. The molecule has 1 saturated heterocycles. The van der Waals surface area contributed by atoms with Gasteiger partial charge in [0.2, 0.25) is 10.0 Å². The Morgan fingerprint density at radius 2 is 2.04 bits per heavy atom. The molecule has 0 aliphatic carbocycles. The van der Waals surface area contributed by atoms with Gasteiger partial charge in [0.1, 0.15) is 5.82 Å². The second-order valence-electron chi connectivity index (χ2n) is 6.03. The number of aliphatic imine (C=N–C) groups is 1. The van der Waals surface area contributed by atoms with Crippen molar-refractivity contribution < 1.29 is 17.5 Å². The largest absolute Gasteiger partial charge is 0.379 e. The Bertz CT molecular complexity index is 719. The Morgan fingerprint density at radius 1 is 1.31 bits per heavy atom. The summed E-state index contributed by atoms with van der Waals surface area (Å²) >= 11 is 0. The van der Waals surface area contributed by atoms with Gasteiger partial charge < -0.3 is 15.4 Å². The molecular formula is C17H27FN4O3S. The maximum absolute atomic E-state index is 13.6. The first-order valence-corrected chi connectivity index (χ1v) is 10.4. The van der Waals surface area contributed by atoms with Crippen LogP contribution in [0, 0.1) is 12.7 Å². The van der Waals surface area contributed by atoms with Gasteiger partial charge >= 0.3 is 0 Å². The number of hydrogen-bond donors (Lipinski definition) is 2. The van der Waals surface area contributed by atoms with Gasteiger partial charge in [0.05, 0.1) is 25.5 Å². The molecule has 0 unspecified atom stereocenters. The quantitative estimate of drug-likeness (QED) is 0.536. The molecule has 1 fully saturated rings. The van der Waals surface area contributed by atoms with Crippen LogP contribution in [0.1, 0.15) is 18.1 Å². The lowest BCUT2D eigenvalue weighted by atomic mass is 10.1. The van der Waals surface area contributed by atoms with Crippen LogP contribution in [0.3, 0.4) is 0 Å². The highest BCUT2D eigenvalue weighted by Crippen LogP contribution is 2.10. The molecule has 1 aromatic carbocycles. The van der Waals surface area contributed by atoms with E-state index < -0.39 is 10.0 Å². The number of nitrogens with one attached hydrogen (secondary N) is 2. The van der Waals surface area contributed by atoms with Crippen molar-refractivity contribution in [1.29, 1.82) is 0 Å². The molecule has 2 rings (SSSR count). The highest BCUT2D eigenvalue weighted by Gasteiger charge is 2.23. The van der Waals surface area contributed by atoms with E-state index in [4.69, 9.17) is 4.74 Å². The number of benzene rings is 1. The fourth-order valence-corrected chi connectivity index (χ4v) is 3.82. The second-order valence-corrected chi connectivity index (χ2v) is 8.12. The van der Waals surface area contributed by atoms with Crippen LogP contribution in [0.5, 0.6) is 0 Å². The minimum atomic E-state index is -3.31. The Labute approximate surface area is 154 Å². The monoisotopic (exact) mass is 386 g/mol. The lowest BCUT2D eigenvalue weighted by Crippen LogP contribution is -2.45. The number of morpholine rings is 1. The summed E-state index contributed by atoms with van der Waals surface area (Å²) in [6, 6.07) is 5.01. The third-order valence-electron chi connectivity index (χ3n) is 4.02. The summed E-state index contributed by atoms with van der Waals surface area (Å²) in [4.78, 5) is 4.39. The number of ether oxygens (including phenoxy) is 1. The Hall–Kier alpha value is -1.71. The minimum absolute atomic E-state index is 0.0173. The number of sulfonamides is 1. The van der Waals surface area contributed by atoms with Crippen molar-refractivity contribution in [2.45, 2.75) is 20.4 Å². The smallest absolute Gasteiger partial charge is 0.215 e. The molecule has 26 heavy (non-hydrogen) atoms. The molecule has 0 saturated carbocycles. The second kappa shape index (κ2) is 9.84. The van der Waals surface area contributed by atoms with Crippen LogP contribution in [0.2, 0.25) is 0 Å². The first kappa shape index (κ1) is 20.6. The first-order chi connectivity index (χ1) is 12.4. The molecule has 9 heteroatoms. The van der Waals surface area contributed by atoms with Gasteiger partial charge in [-0.3, -0.25) is 0 Å². The molecule has 0 aromatic heterocycles. The summed E-state index contributed by atoms with van der Waals surface area (Å²) in [6.45, 7) is 6.50. The molecule has 1 aromatic rings. The van der Waals surface area contributed by atoms with Crippen molar-refractivity contribution >= 4 is 16.0 Å². The van der Waals surface area contributed by atoms with Gasteiger partial charge in [0.15, 0.2) is 5.96 Å². The van der Waals surface area contributed by atoms with E-state index in [9.17, 15) is 12.8 Å². The number of guanidine groups is 1. The maximum Gasteiger partial charge on any atom is 0.215 e. The fourth-order valence-electron chi connectivity index (χ4n) is 2.50. The molecular weight excluding hydrogens is 359 g/mol. The molecule has 0 atom stereocenters. The van der Waals surface area contributed by atoms with Gasteiger partial charge in [0.25, 0.3) is 0 Å². The standard InChI is InChI=1S/C17H27FN4O3S/c1-3-19-17(21-13-15-5-4-14(2)16(18)12-15)20-6-11-26(23,24)22-7-9-25-10-8-22/h4-5,12H,3,6-11,13H2,1-2H3,(H2,19,20,21). The van der Waals surface area contributed by atoms with Gasteiger partial charge in [-0.05, 0) is 31.0 Å². The summed E-state index contributed by atoms with van der Waals surface area (Å²) in [5.41, 5.74) is 1.35. The number of hydrogen-bond acceptors (Lipinski definition) is 4. The van der Waals surface area contributed by atoms with Crippen LogP contribution in [-0.2, 0) is 21.3 Å². The normalized spacial score (nSPS) is 16.5. The van der Waals surface area contributed by atoms with Crippen LogP contribution in [0.15, 0.2) is 23.2 Å². The molecule has 1 heterocycles. The SMILES string of the molecule is CCNC(=NCc1ccc(C)c(F)c1)NCCS(=O)(=O)N1CCOCC1. The highest BCUT2D eigenvalue weighted by molar-refractivity contribution is 7.89. The molecule has 0 bridgehead atoms. The van der Waals surface area contributed by atoms with Crippen LogP contribution < -0.4 is 10.6 Å². The molecule has 0 spiro atoms. The molecule has 7 nitrogen and oxygen atoms in total. The Balaban J connectivity index is 1.89. The summed E-state index contributed by atoms with van der Waals surface area (Å²) < 4.78 is 44.8. The van der Waals surface area contributed by atoms with Crippen LogP contribution in [0.25, 0.3) is 0 Å². The molecule has 146 valence electrons. The number of halogens is 1.